The fraction of sp³-hybridized carbons (Fsp3) is 0. The van der Waals surface area contributed by atoms with Gasteiger partial charge in [-0.1, -0.05) is 146 Å². The molecule has 0 saturated carbocycles. The van der Waals surface area contributed by atoms with Crippen molar-refractivity contribution in [2.75, 3.05) is 0 Å². The van der Waals surface area contributed by atoms with Crippen LogP contribution in [0.2, 0.25) is 0 Å². The summed E-state index contributed by atoms with van der Waals surface area (Å²) < 4.78 is 6.68. The summed E-state index contributed by atoms with van der Waals surface area (Å²) in [6.45, 7) is 0. The lowest BCUT2D eigenvalue weighted by molar-refractivity contribution is 0.672. The minimum atomic E-state index is 0.596. The van der Waals surface area contributed by atoms with Gasteiger partial charge in [-0.05, 0) is 46.2 Å². The molecule has 5 nitrogen and oxygen atoms in total. The molecule has 3 heterocycles. The molecule has 0 bridgehead atoms. The van der Waals surface area contributed by atoms with Gasteiger partial charge in [-0.2, -0.15) is 0 Å². The molecule has 0 aliphatic carbocycles. The zero-order valence-electron chi connectivity index (χ0n) is 27.4. The molecular weight excluding hydrogens is 625 g/mol. The van der Waals surface area contributed by atoms with E-state index < -0.39 is 0 Å². The SMILES string of the molecule is c1ccc(-c2nc(-c3ccccc3)nc(-c3cccc(-c4nc5ccc(-c6cccc7ccccc67)cc5c5oc6ccccc6c45)c3)n2)cc1. The van der Waals surface area contributed by atoms with E-state index in [1.165, 1.54) is 16.3 Å². The van der Waals surface area contributed by atoms with Crippen molar-refractivity contribution in [2.24, 2.45) is 0 Å². The topological polar surface area (TPSA) is 64.7 Å². The molecule has 0 aliphatic heterocycles. The molecule has 3 aromatic heterocycles. The third-order valence-corrected chi connectivity index (χ3v) is 9.50. The average Bonchev–Trinajstić information content (AvgIpc) is 3.61. The Hall–Kier alpha value is -6.98. The second kappa shape index (κ2) is 11.9. The van der Waals surface area contributed by atoms with E-state index in [9.17, 15) is 0 Å². The molecular formula is C46H28N4O. The van der Waals surface area contributed by atoms with Crippen LogP contribution in [-0.4, -0.2) is 19.9 Å². The Morgan fingerprint density at radius 1 is 0.373 bits per heavy atom. The van der Waals surface area contributed by atoms with Crippen molar-refractivity contribution in [3.8, 4) is 56.5 Å². The molecule has 0 amide bonds. The van der Waals surface area contributed by atoms with Gasteiger partial charge in [0.2, 0.25) is 0 Å². The summed E-state index contributed by atoms with van der Waals surface area (Å²) in [7, 11) is 0. The summed E-state index contributed by atoms with van der Waals surface area (Å²) in [4.78, 5) is 20.2. The van der Waals surface area contributed by atoms with Crippen LogP contribution < -0.4 is 0 Å². The second-order valence-corrected chi connectivity index (χ2v) is 12.6. The first-order chi connectivity index (χ1) is 25.3. The number of nitrogens with zero attached hydrogens (tertiary/aromatic N) is 4. The molecule has 238 valence electrons. The number of hydrogen-bond donors (Lipinski definition) is 0. The second-order valence-electron chi connectivity index (χ2n) is 12.6. The van der Waals surface area contributed by atoms with Crippen molar-refractivity contribution in [3.05, 3.63) is 170 Å². The van der Waals surface area contributed by atoms with Crippen LogP contribution in [0.1, 0.15) is 0 Å². The van der Waals surface area contributed by atoms with E-state index >= 15 is 0 Å². The number of aromatic nitrogens is 4. The highest BCUT2D eigenvalue weighted by Crippen LogP contribution is 2.41. The van der Waals surface area contributed by atoms with Gasteiger partial charge in [0.1, 0.15) is 11.2 Å². The van der Waals surface area contributed by atoms with Crippen molar-refractivity contribution >= 4 is 43.6 Å². The minimum Gasteiger partial charge on any atom is -0.455 e. The molecule has 0 spiro atoms. The highest BCUT2D eigenvalue weighted by atomic mass is 16.3. The zero-order chi connectivity index (χ0) is 33.7. The quantitative estimate of drug-likeness (QED) is 0.185. The van der Waals surface area contributed by atoms with Crippen LogP contribution in [0.3, 0.4) is 0 Å². The fourth-order valence-corrected chi connectivity index (χ4v) is 7.06. The average molecular weight is 653 g/mol. The van der Waals surface area contributed by atoms with E-state index in [0.29, 0.717) is 17.5 Å². The van der Waals surface area contributed by atoms with Crippen LogP contribution >= 0.6 is 0 Å². The van der Waals surface area contributed by atoms with Crippen LogP contribution in [0, 0.1) is 0 Å². The van der Waals surface area contributed by atoms with Crippen molar-refractivity contribution in [2.45, 2.75) is 0 Å². The first kappa shape index (κ1) is 29.0. The highest BCUT2D eigenvalue weighted by molar-refractivity contribution is 6.20. The van der Waals surface area contributed by atoms with Crippen molar-refractivity contribution in [3.63, 3.8) is 0 Å². The molecule has 51 heavy (non-hydrogen) atoms. The molecule has 5 heteroatoms. The third kappa shape index (κ3) is 5.03. The summed E-state index contributed by atoms with van der Waals surface area (Å²) in [5, 5.41) is 5.41. The van der Waals surface area contributed by atoms with Crippen molar-refractivity contribution in [1.82, 2.24) is 19.9 Å². The molecule has 0 atom stereocenters. The van der Waals surface area contributed by atoms with E-state index in [-0.39, 0.29) is 0 Å². The van der Waals surface area contributed by atoms with Gasteiger partial charge in [-0.3, -0.25) is 0 Å². The third-order valence-electron chi connectivity index (χ3n) is 9.50. The highest BCUT2D eigenvalue weighted by Gasteiger charge is 2.20. The Kier molecular flexibility index (Phi) is 6.74. The standard InChI is InChI=1S/C46H28N4O/c1-3-14-30(15-4-1)44-48-45(31-16-5-2-6-17-31)50-46(49-44)34-20-11-19-33(27-34)42-41-37-22-9-10-24-40(37)51-43(41)38-28-32(25-26-39(38)47-42)36-23-12-18-29-13-7-8-21-35(29)36/h1-28H. The van der Waals surface area contributed by atoms with E-state index in [4.69, 9.17) is 24.4 Å². The monoisotopic (exact) mass is 652 g/mol. The van der Waals surface area contributed by atoms with Gasteiger partial charge < -0.3 is 4.42 Å². The van der Waals surface area contributed by atoms with Gasteiger partial charge in [-0.25, -0.2) is 19.9 Å². The van der Waals surface area contributed by atoms with Crippen LogP contribution in [0.15, 0.2) is 174 Å². The molecule has 0 saturated heterocycles. The number of para-hydroxylation sites is 1. The maximum Gasteiger partial charge on any atom is 0.164 e. The lowest BCUT2D eigenvalue weighted by Gasteiger charge is -2.12. The number of pyridine rings is 1. The molecule has 0 N–H and O–H groups in total. The summed E-state index contributed by atoms with van der Waals surface area (Å²) in [6, 6.07) is 58.0. The largest absolute Gasteiger partial charge is 0.455 e. The van der Waals surface area contributed by atoms with Crippen molar-refractivity contribution in [1.29, 1.82) is 0 Å². The Morgan fingerprint density at radius 3 is 1.73 bits per heavy atom. The Labute approximate surface area is 293 Å². The van der Waals surface area contributed by atoms with Gasteiger partial charge in [0.05, 0.1) is 16.6 Å². The normalized spacial score (nSPS) is 11.5. The predicted octanol–water partition coefficient (Wildman–Crippen LogP) is 11.8. The van der Waals surface area contributed by atoms with Crippen molar-refractivity contribution < 1.29 is 4.42 Å². The number of benzene rings is 7. The number of furan rings is 1. The maximum absolute atomic E-state index is 6.68. The van der Waals surface area contributed by atoms with Crippen LogP contribution in [0.25, 0.3) is 100 Å². The Morgan fingerprint density at radius 2 is 0.961 bits per heavy atom. The van der Waals surface area contributed by atoms with Gasteiger partial charge in [-0.15, -0.1) is 0 Å². The van der Waals surface area contributed by atoms with E-state index in [1.807, 2.05) is 84.9 Å². The number of fused-ring (bicyclic) bond motifs is 6. The van der Waals surface area contributed by atoms with Gasteiger partial charge in [0.25, 0.3) is 0 Å². The lowest BCUT2D eigenvalue weighted by atomic mass is 9.96. The lowest BCUT2D eigenvalue weighted by Crippen LogP contribution is -2.00. The smallest absolute Gasteiger partial charge is 0.164 e. The molecule has 0 aliphatic rings. The maximum atomic E-state index is 6.68. The predicted molar refractivity (Wildman–Crippen MR) is 207 cm³/mol. The van der Waals surface area contributed by atoms with Crippen LogP contribution in [0.4, 0.5) is 0 Å². The van der Waals surface area contributed by atoms with E-state index in [0.717, 1.165) is 66.4 Å². The minimum absolute atomic E-state index is 0.596. The molecule has 7 aromatic carbocycles. The Bertz CT molecular complexity index is 2850. The van der Waals surface area contributed by atoms with Crippen LogP contribution in [0.5, 0.6) is 0 Å². The first-order valence-corrected chi connectivity index (χ1v) is 17.0. The fourth-order valence-electron chi connectivity index (χ4n) is 7.06. The number of rotatable bonds is 5. The summed E-state index contributed by atoms with van der Waals surface area (Å²) >= 11 is 0. The summed E-state index contributed by atoms with van der Waals surface area (Å²) in [5.41, 5.74) is 9.35. The Balaban J connectivity index is 1.17. The zero-order valence-corrected chi connectivity index (χ0v) is 27.4. The molecule has 10 aromatic rings. The van der Waals surface area contributed by atoms with Gasteiger partial charge in [0, 0.05) is 33.0 Å². The summed E-state index contributed by atoms with van der Waals surface area (Å²) in [6.07, 6.45) is 0. The van der Waals surface area contributed by atoms with Gasteiger partial charge in [0.15, 0.2) is 17.5 Å². The van der Waals surface area contributed by atoms with E-state index in [2.05, 4.69) is 84.9 Å². The molecule has 0 fully saturated rings. The molecule has 0 radical (unpaired) electrons. The molecule has 0 unspecified atom stereocenters. The summed E-state index contributed by atoms with van der Waals surface area (Å²) in [5.74, 6) is 1.84. The molecule has 10 rings (SSSR count). The number of hydrogen-bond acceptors (Lipinski definition) is 5. The van der Waals surface area contributed by atoms with Gasteiger partial charge >= 0.3 is 0 Å². The van der Waals surface area contributed by atoms with Crippen LogP contribution in [-0.2, 0) is 0 Å². The van der Waals surface area contributed by atoms with E-state index in [1.54, 1.807) is 0 Å². The first-order valence-electron chi connectivity index (χ1n) is 17.0.